The highest BCUT2D eigenvalue weighted by molar-refractivity contribution is 6.32. The lowest BCUT2D eigenvalue weighted by Gasteiger charge is -2.17. The lowest BCUT2D eigenvalue weighted by atomic mass is 10.1. The lowest BCUT2D eigenvalue weighted by molar-refractivity contribution is 0.515. The summed E-state index contributed by atoms with van der Waals surface area (Å²) in [6.07, 6.45) is 7.89. The highest BCUT2D eigenvalue weighted by Crippen LogP contribution is 2.31. The zero-order valence-electron chi connectivity index (χ0n) is 16.5. The molecule has 1 N–H and O–H groups in total. The topological polar surface area (TPSA) is 77.6 Å². The maximum absolute atomic E-state index is 12.8. The van der Waals surface area contributed by atoms with Gasteiger partial charge in [0.05, 0.1) is 10.7 Å². The Balaban J connectivity index is 1.52. The van der Waals surface area contributed by atoms with Crippen molar-refractivity contribution in [3.8, 4) is 5.69 Å². The van der Waals surface area contributed by atoms with Gasteiger partial charge in [-0.05, 0) is 37.5 Å². The van der Waals surface area contributed by atoms with Crippen LogP contribution in [0.2, 0.25) is 5.02 Å². The maximum Gasteiger partial charge on any atom is 0.252 e. The van der Waals surface area contributed by atoms with Gasteiger partial charge in [0.25, 0.3) is 5.56 Å². The number of nitrogens with zero attached hydrogens (tertiary/aromatic N) is 5. The number of fused-ring (bicyclic) bond motifs is 1. The van der Waals surface area contributed by atoms with Gasteiger partial charge in [-0.2, -0.15) is 4.98 Å². The molecule has 5 rings (SSSR count). The van der Waals surface area contributed by atoms with Gasteiger partial charge >= 0.3 is 0 Å². The molecule has 0 radical (unpaired) electrons. The quantitative estimate of drug-likeness (QED) is 0.513. The second-order valence-electron chi connectivity index (χ2n) is 7.63. The molecule has 3 aromatic heterocycles. The molecule has 152 valence electrons. The molecule has 1 saturated carbocycles. The zero-order valence-corrected chi connectivity index (χ0v) is 17.3. The molecule has 1 aromatic carbocycles. The van der Waals surface area contributed by atoms with Crippen molar-refractivity contribution in [2.45, 2.75) is 38.6 Å². The van der Waals surface area contributed by atoms with Crippen LogP contribution in [0.15, 0.2) is 53.6 Å². The molecule has 1 aliphatic carbocycles. The smallest absolute Gasteiger partial charge is 0.252 e. The van der Waals surface area contributed by atoms with Crippen molar-refractivity contribution in [2.75, 3.05) is 5.32 Å². The highest BCUT2D eigenvalue weighted by Gasteiger charge is 2.21. The Hall–Kier alpha value is -3.19. The molecule has 30 heavy (non-hydrogen) atoms. The summed E-state index contributed by atoms with van der Waals surface area (Å²) in [5.41, 5.74) is 2.35. The zero-order chi connectivity index (χ0) is 20.7. The first kappa shape index (κ1) is 18.8. The van der Waals surface area contributed by atoms with Crippen LogP contribution >= 0.6 is 11.6 Å². The Morgan fingerprint density at radius 1 is 1.17 bits per heavy atom. The molecule has 0 aliphatic heterocycles. The van der Waals surface area contributed by atoms with Crippen molar-refractivity contribution < 1.29 is 0 Å². The molecule has 0 unspecified atom stereocenters. The summed E-state index contributed by atoms with van der Waals surface area (Å²) < 4.78 is 3.54. The van der Waals surface area contributed by atoms with Crippen LogP contribution in [0.5, 0.6) is 0 Å². The first-order valence-electron chi connectivity index (χ1n) is 10.1. The SMILES string of the molecule is Cc1cc(=O)n(C2CCCC2)c2nc(Nc3ccn(-c4ccccc4Cl)n3)ncc12. The molecule has 1 aliphatic rings. The van der Waals surface area contributed by atoms with Crippen molar-refractivity contribution in [3.63, 3.8) is 0 Å². The average Bonchev–Trinajstić information content (AvgIpc) is 3.41. The van der Waals surface area contributed by atoms with E-state index in [0.29, 0.717) is 22.4 Å². The molecule has 0 spiro atoms. The predicted molar refractivity (Wildman–Crippen MR) is 118 cm³/mol. The van der Waals surface area contributed by atoms with Gasteiger partial charge in [-0.25, -0.2) is 9.67 Å². The molecule has 4 aromatic rings. The molecule has 1 fully saturated rings. The van der Waals surface area contributed by atoms with Gasteiger partial charge < -0.3 is 5.32 Å². The van der Waals surface area contributed by atoms with Crippen molar-refractivity contribution in [3.05, 3.63) is 69.7 Å². The number of hydrogen-bond acceptors (Lipinski definition) is 5. The molecular formula is C22H21ClN6O. The fraction of sp³-hybridized carbons (Fsp3) is 0.273. The summed E-state index contributed by atoms with van der Waals surface area (Å²) in [5, 5.41) is 9.19. The van der Waals surface area contributed by atoms with E-state index in [1.165, 1.54) is 0 Å². The average molecular weight is 421 g/mol. The maximum atomic E-state index is 12.8. The van der Waals surface area contributed by atoms with Crippen LogP contribution in [0, 0.1) is 6.92 Å². The number of anilines is 2. The number of halogens is 1. The van der Waals surface area contributed by atoms with Crippen molar-refractivity contribution in [1.29, 1.82) is 0 Å². The van der Waals surface area contributed by atoms with E-state index in [1.807, 2.05) is 48.0 Å². The standard InChI is InChI=1S/C22H21ClN6O/c1-14-12-20(30)29(15-6-2-3-7-15)21-16(14)13-24-22(26-21)25-19-10-11-28(27-19)18-9-5-4-8-17(18)23/h4-5,8-13,15H,2-3,6-7H2,1H3,(H,24,25,26,27). The predicted octanol–water partition coefficient (Wildman–Crippen LogP) is 4.80. The number of benzene rings is 1. The van der Waals surface area contributed by atoms with E-state index in [4.69, 9.17) is 16.6 Å². The third kappa shape index (κ3) is 3.35. The molecule has 0 saturated heterocycles. The summed E-state index contributed by atoms with van der Waals surface area (Å²) in [6, 6.07) is 11.2. The van der Waals surface area contributed by atoms with Crippen LogP contribution in [0.1, 0.15) is 37.3 Å². The van der Waals surface area contributed by atoms with Crippen LogP contribution in [0.25, 0.3) is 16.7 Å². The van der Waals surface area contributed by atoms with E-state index < -0.39 is 0 Å². The Labute approximate surface area is 178 Å². The second-order valence-corrected chi connectivity index (χ2v) is 8.03. The van der Waals surface area contributed by atoms with E-state index in [2.05, 4.69) is 15.4 Å². The Morgan fingerprint density at radius 2 is 1.97 bits per heavy atom. The van der Waals surface area contributed by atoms with Crippen LogP contribution in [-0.2, 0) is 0 Å². The van der Waals surface area contributed by atoms with Gasteiger partial charge in [-0.15, -0.1) is 5.10 Å². The molecule has 3 heterocycles. The van der Waals surface area contributed by atoms with Gasteiger partial charge in [-0.3, -0.25) is 9.36 Å². The molecule has 0 atom stereocenters. The minimum absolute atomic E-state index is 0.000419. The summed E-state index contributed by atoms with van der Waals surface area (Å²) >= 11 is 6.26. The normalized spacial score (nSPS) is 14.5. The van der Waals surface area contributed by atoms with Gasteiger partial charge in [0.1, 0.15) is 5.65 Å². The minimum Gasteiger partial charge on any atom is -0.307 e. The summed E-state index contributed by atoms with van der Waals surface area (Å²) in [7, 11) is 0. The number of hydrogen-bond donors (Lipinski definition) is 1. The third-order valence-electron chi connectivity index (χ3n) is 5.62. The fourth-order valence-corrected chi connectivity index (χ4v) is 4.35. The summed E-state index contributed by atoms with van der Waals surface area (Å²) in [6.45, 7) is 1.92. The molecule has 8 heteroatoms. The van der Waals surface area contributed by atoms with E-state index >= 15 is 0 Å². The van der Waals surface area contributed by atoms with Crippen molar-refractivity contribution in [2.24, 2.45) is 0 Å². The first-order valence-corrected chi connectivity index (χ1v) is 10.4. The van der Waals surface area contributed by atoms with Crippen LogP contribution in [0.4, 0.5) is 11.8 Å². The van der Waals surface area contributed by atoms with E-state index in [1.54, 1.807) is 16.9 Å². The molecule has 7 nitrogen and oxygen atoms in total. The van der Waals surface area contributed by atoms with Crippen LogP contribution < -0.4 is 10.9 Å². The van der Waals surface area contributed by atoms with Gasteiger partial charge in [0, 0.05) is 36.0 Å². The third-order valence-corrected chi connectivity index (χ3v) is 5.94. The summed E-state index contributed by atoms with van der Waals surface area (Å²) in [4.78, 5) is 21.9. The Kier molecular flexibility index (Phi) is 4.75. The van der Waals surface area contributed by atoms with Gasteiger partial charge in [-0.1, -0.05) is 36.6 Å². The highest BCUT2D eigenvalue weighted by atomic mass is 35.5. The number of aromatic nitrogens is 5. The number of pyridine rings is 1. The minimum atomic E-state index is -0.000419. The van der Waals surface area contributed by atoms with Gasteiger partial charge in [0.15, 0.2) is 5.82 Å². The number of aryl methyl sites for hydroxylation is 1. The molecule has 0 amide bonds. The first-order chi connectivity index (χ1) is 14.6. The second kappa shape index (κ2) is 7.57. The monoisotopic (exact) mass is 420 g/mol. The molecule has 0 bridgehead atoms. The summed E-state index contributed by atoms with van der Waals surface area (Å²) in [5.74, 6) is 1.00. The van der Waals surface area contributed by atoms with Crippen LogP contribution in [-0.4, -0.2) is 24.3 Å². The molecular weight excluding hydrogens is 400 g/mol. The van der Waals surface area contributed by atoms with Crippen molar-refractivity contribution >= 4 is 34.4 Å². The van der Waals surface area contributed by atoms with Gasteiger partial charge in [0.2, 0.25) is 5.95 Å². The number of nitrogens with one attached hydrogen (secondary N) is 1. The Morgan fingerprint density at radius 3 is 2.77 bits per heavy atom. The number of rotatable bonds is 4. The van der Waals surface area contributed by atoms with E-state index in [-0.39, 0.29) is 11.6 Å². The van der Waals surface area contributed by atoms with E-state index in [9.17, 15) is 4.79 Å². The van der Waals surface area contributed by atoms with Crippen LogP contribution in [0.3, 0.4) is 0 Å². The largest absolute Gasteiger partial charge is 0.307 e. The lowest BCUT2D eigenvalue weighted by Crippen LogP contribution is -2.24. The fourth-order valence-electron chi connectivity index (χ4n) is 4.12. The van der Waals surface area contributed by atoms with E-state index in [0.717, 1.165) is 42.3 Å². The Bertz CT molecular complexity index is 1290. The van der Waals surface area contributed by atoms with Crippen molar-refractivity contribution in [1.82, 2.24) is 24.3 Å². The number of para-hydroxylation sites is 1.